The lowest BCUT2D eigenvalue weighted by atomic mass is 9.94. The zero-order valence-corrected chi connectivity index (χ0v) is 19.3. The lowest BCUT2D eigenvalue weighted by Gasteiger charge is -2.30. The molecular weight excluding hydrogens is 452 g/mol. The Balaban J connectivity index is 1.60. The summed E-state index contributed by atoms with van der Waals surface area (Å²) in [5.41, 5.74) is 3.18. The Labute approximate surface area is 202 Å². The number of amides is 1. The van der Waals surface area contributed by atoms with Crippen LogP contribution in [-0.2, 0) is 9.53 Å². The summed E-state index contributed by atoms with van der Waals surface area (Å²) in [4.78, 5) is 15.6. The number of hydrogen-bond donors (Lipinski definition) is 2. The fourth-order valence-electron chi connectivity index (χ4n) is 4.37. The maximum Gasteiger partial charge on any atom is 0.255 e. The van der Waals surface area contributed by atoms with Crippen molar-refractivity contribution in [1.82, 2.24) is 9.78 Å². The van der Waals surface area contributed by atoms with Gasteiger partial charge in [-0.2, -0.15) is 10.4 Å². The molecular formula is C25H23ClN6O2. The molecule has 5 rings (SSSR count). The fourth-order valence-corrected chi connectivity index (χ4v) is 4.50. The highest BCUT2D eigenvalue weighted by Gasteiger charge is 2.36. The lowest BCUT2D eigenvalue weighted by Crippen LogP contribution is -2.37. The van der Waals surface area contributed by atoms with E-state index in [0.29, 0.717) is 65.5 Å². The molecule has 2 N–H and O–H groups in total. The van der Waals surface area contributed by atoms with Crippen LogP contribution in [0.1, 0.15) is 24.1 Å². The van der Waals surface area contributed by atoms with Crippen molar-refractivity contribution >= 4 is 34.8 Å². The number of anilines is 3. The average molecular weight is 475 g/mol. The Morgan fingerprint density at radius 1 is 1.18 bits per heavy atom. The summed E-state index contributed by atoms with van der Waals surface area (Å²) in [6, 6.07) is 18.5. The van der Waals surface area contributed by atoms with Crippen LogP contribution in [0, 0.1) is 11.3 Å². The molecule has 0 aliphatic carbocycles. The normalized spacial score (nSPS) is 17.6. The molecule has 3 heterocycles. The van der Waals surface area contributed by atoms with Crippen molar-refractivity contribution in [1.29, 1.82) is 5.26 Å². The van der Waals surface area contributed by atoms with Gasteiger partial charge in [-0.05, 0) is 36.8 Å². The van der Waals surface area contributed by atoms with Crippen molar-refractivity contribution in [3.05, 3.63) is 82.0 Å². The molecule has 1 atom stereocenters. The van der Waals surface area contributed by atoms with Gasteiger partial charge in [-0.3, -0.25) is 4.79 Å². The van der Waals surface area contributed by atoms with Crippen LogP contribution in [-0.4, -0.2) is 42.0 Å². The highest BCUT2D eigenvalue weighted by atomic mass is 35.5. The first-order valence-electron chi connectivity index (χ1n) is 11.0. The van der Waals surface area contributed by atoms with Crippen LogP contribution in [0.15, 0.2) is 65.9 Å². The van der Waals surface area contributed by atoms with Crippen LogP contribution < -0.4 is 15.5 Å². The fraction of sp³-hybridized carbons (Fsp3) is 0.240. The van der Waals surface area contributed by atoms with Gasteiger partial charge < -0.3 is 20.3 Å². The first kappa shape index (κ1) is 22.0. The van der Waals surface area contributed by atoms with Gasteiger partial charge in [0.15, 0.2) is 5.82 Å². The molecule has 2 aliphatic heterocycles. The SMILES string of the molecule is CC1=C(C(=O)Nc2ccc(Cl)cc2)[C@H](c2ccccc2)n2nc(N3CCOCC3)c(C#N)c2N1. The number of halogens is 1. The maximum absolute atomic E-state index is 13.5. The number of nitrogens with one attached hydrogen (secondary N) is 2. The number of benzene rings is 2. The van der Waals surface area contributed by atoms with Crippen LogP contribution in [0.5, 0.6) is 0 Å². The second-order valence-corrected chi connectivity index (χ2v) is 8.58. The number of rotatable bonds is 4. The second-order valence-electron chi connectivity index (χ2n) is 8.14. The molecule has 0 saturated carbocycles. The van der Waals surface area contributed by atoms with E-state index in [4.69, 9.17) is 21.4 Å². The first-order valence-corrected chi connectivity index (χ1v) is 11.4. The number of morpholine rings is 1. The third kappa shape index (κ3) is 4.00. The summed E-state index contributed by atoms with van der Waals surface area (Å²) >= 11 is 5.99. The highest BCUT2D eigenvalue weighted by molar-refractivity contribution is 6.30. The molecule has 3 aromatic rings. The standard InChI is InChI=1S/C25H23ClN6O2/c1-16-21(25(33)29-19-9-7-18(26)8-10-19)22(17-5-3-2-4-6-17)32-23(28-16)20(15-27)24(30-32)31-11-13-34-14-12-31/h2-10,22,28H,11-14H2,1H3,(H,29,33)/t22-/m0/s1. The first-order chi connectivity index (χ1) is 16.6. The van der Waals surface area contributed by atoms with Gasteiger partial charge in [0.2, 0.25) is 0 Å². The minimum absolute atomic E-state index is 0.256. The molecule has 1 amide bonds. The minimum atomic E-state index is -0.508. The molecule has 0 spiro atoms. The van der Waals surface area contributed by atoms with E-state index in [0.717, 1.165) is 5.56 Å². The highest BCUT2D eigenvalue weighted by Crippen LogP contribution is 2.40. The monoisotopic (exact) mass is 474 g/mol. The molecule has 8 nitrogen and oxygen atoms in total. The molecule has 2 aliphatic rings. The van der Waals surface area contributed by atoms with Crippen LogP contribution in [0.2, 0.25) is 5.02 Å². The van der Waals surface area contributed by atoms with Gasteiger partial charge in [0.05, 0.1) is 18.8 Å². The van der Waals surface area contributed by atoms with E-state index in [-0.39, 0.29) is 5.91 Å². The van der Waals surface area contributed by atoms with Crippen molar-refractivity contribution in [2.45, 2.75) is 13.0 Å². The number of allylic oxidation sites excluding steroid dienone is 1. The average Bonchev–Trinajstić information content (AvgIpc) is 3.23. The topological polar surface area (TPSA) is 95.2 Å². The van der Waals surface area contributed by atoms with E-state index >= 15 is 0 Å². The summed E-state index contributed by atoms with van der Waals surface area (Å²) in [6.45, 7) is 4.30. The Morgan fingerprint density at radius 2 is 1.88 bits per heavy atom. The largest absolute Gasteiger partial charge is 0.378 e. The van der Waals surface area contributed by atoms with Crippen LogP contribution in [0.25, 0.3) is 0 Å². The van der Waals surface area contributed by atoms with Crippen molar-refractivity contribution in [2.75, 3.05) is 41.8 Å². The number of nitrogens with zero attached hydrogens (tertiary/aromatic N) is 4. The Morgan fingerprint density at radius 3 is 2.56 bits per heavy atom. The summed E-state index contributed by atoms with van der Waals surface area (Å²) in [5, 5.41) is 21.7. The van der Waals surface area contributed by atoms with Gasteiger partial charge in [0, 0.05) is 29.5 Å². The maximum atomic E-state index is 13.5. The molecule has 0 unspecified atom stereocenters. The number of hydrogen-bond acceptors (Lipinski definition) is 6. The van der Waals surface area contributed by atoms with Gasteiger partial charge in [-0.15, -0.1) is 0 Å². The molecule has 172 valence electrons. The van der Waals surface area contributed by atoms with Gasteiger partial charge in [0.1, 0.15) is 23.5 Å². The van der Waals surface area contributed by atoms with Gasteiger partial charge >= 0.3 is 0 Å². The number of ether oxygens (including phenoxy) is 1. The third-order valence-electron chi connectivity index (χ3n) is 6.00. The number of carbonyl (C=O) groups excluding carboxylic acids is 1. The molecule has 2 aromatic carbocycles. The lowest BCUT2D eigenvalue weighted by molar-refractivity contribution is -0.113. The van der Waals surface area contributed by atoms with Crippen LogP contribution in [0.3, 0.4) is 0 Å². The molecule has 0 radical (unpaired) electrons. The predicted octanol–water partition coefficient (Wildman–Crippen LogP) is 4.17. The van der Waals surface area contributed by atoms with Crippen LogP contribution in [0.4, 0.5) is 17.3 Å². The van der Waals surface area contributed by atoms with Crippen molar-refractivity contribution in [2.24, 2.45) is 0 Å². The molecule has 1 fully saturated rings. The molecule has 1 saturated heterocycles. The summed E-state index contributed by atoms with van der Waals surface area (Å²) in [6.07, 6.45) is 0. The van der Waals surface area contributed by atoms with E-state index in [2.05, 4.69) is 21.6 Å². The van der Waals surface area contributed by atoms with Gasteiger partial charge in [0.25, 0.3) is 5.91 Å². The quantitative estimate of drug-likeness (QED) is 0.589. The van der Waals surface area contributed by atoms with Gasteiger partial charge in [-0.1, -0.05) is 41.9 Å². The van der Waals surface area contributed by atoms with E-state index in [9.17, 15) is 10.1 Å². The molecule has 1 aromatic heterocycles. The van der Waals surface area contributed by atoms with Crippen molar-refractivity contribution < 1.29 is 9.53 Å². The van der Waals surface area contributed by atoms with E-state index < -0.39 is 6.04 Å². The second kappa shape index (κ2) is 9.21. The Kier molecular flexibility index (Phi) is 5.97. The number of aromatic nitrogens is 2. The number of carbonyl (C=O) groups is 1. The van der Waals surface area contributed by atoms with E-state index in [1.807, 2.05) is 37.3 Å². The summed E-state index contributed by atoms with van der Waals surface area (Å²) in [7, 11) is 0. The Bertz CT molecular complexity index is 1290. The number of fused-ring (bicyclic) bond motifs is 1. The Hall–Kier alpha value is -3.80. The van der Waals surface area contributed by atoms with Crippen LogP contribution >= 0.6 is 11.6 Å². The summed E-state index contributed by atoms with van der Waals surface area (Å²) in [5.74, 6) is 0.925. The molecule has 34 heavy (non-hydrogen) atoms. The smallest absolute Gasteiger partial charge is 0.255 e. The zero-order chi connectivity index (χ0) is 23.7. The molecule has 0 bridgehead atoms. The molecule has 9 heteroatoms. The minimum Gasteiger partial charge on any atom is -0.378 e. The summed E-state index contributed by atoms with van der Waals surface area (Å²) < 4.78 is 7.22. The van der Waals surface area contributed by atoms with E-state index in [1.165, 1.54) is 0 Å². The number of nitriles is 1. The van der Waals surface area contributed by atoms with Gasteiger partial charge in [-0.25, -0.2) is 4.68 Å². The van der Waals surface area contributed by atoms with Crippen molar-refractivity contribution in [3.63, 3.8) is 0 Å². The third-order valence-corrected chi connectivity index (χ3v) is 6.26. The zero-order valence-electron chi connectivity index (χ0n) is 18.6. The van der Waals surface area contributed by atoms with E-state index in [1.54, 1.807) is 28.9 Å². The predicted molar refractivity (Wildman–Crippen MR) is 131 cm³/mol. The van der Waals surface area contributed by atoms with Crippen molar-refractivity contribution in [3.8, 4) is 6.07 Å².